The lowest BCUT2D eigenvalue weighted by molar-refractivity contribution is 0.102. The average Bonchev–Trinajstić information content (AvgIpc) is 3.22. The number of carbonyl (C=O) groups excluding carboxylic acids is 1. The number of nitrogens with zero attached hydrogens (tertiary/aromatic N) is 2. The number of fused-ring (bicyclic) bond motifs is 3. The van der Waals surface area contributed by atoms with Crippen molar-refractivity contribution in [1.29, 1.82) is 0 Å². The van der Waals surface area contributed by atoms with Crippen molar-refractivity contribution in [3.05, 3.63) is 86.0 Å². The van der Waals surface area contributed by atoms with Crippen molar-refractivity contribution in [2.75, 3.05) is 5.75 Å². The second kappa shape index (κ2) is 9.27. The van der Waals surface area contributed by atoms with Gasteiger partial charge in [0.15, 0.2) is 10.9 Å². The summed E-state index contributed by atoms with van der Waals surface area (Å²) in [5.41, 5.74) is 4.98. The predicted molar refractivity (Wildman–Crippen MR) is 137 cm³/mol. The second-order valence-electron chi connectivity index (χ2n) is 8.52. The van der Waals surface area contributed by atoms with Crippen LogP contribution in [-0.4, -0.2) is 21.1 Å². The first-order valence-electron chi connectivity index (χ1n) is 11.4. The molecule has 6 heteroatoms. The van der Waals surface area contributed by atoms with Crippen LogP contribution in [0, 0.1) is 6.92 Å². The predicted octanol–water partition coefficient (Wildman–Crippen LogP) is 6.17. The van der Waals surface area contributed by atoms with Crippen LogP contribution in [0.25, 0.3) is 15.9 Å². The highest BCUT2D eigenvalue weighted by atomic mass is 32.2. The van der Waals surface area contributed by atoms with Gasteiger partial charge in [-0.25, -0.2) is 4.98 Å². The molecule has 168 valence electrons. The molecular weight excluding hydrogens is 448 g/mol. The van der Waals surface area contributed by atoms with E-state index in [1.54, 1.807) is 15.9 Å². The molecule has 1 aliphatic rings. The smallest absolute Gasteiger partial charge is 0.267 e. The monoisotopic (exact) mass is 474 g/mol. The number of benzene rings is 2. The van der Waals surface area contributed by atoms with Crippen molar-refractivity contribution < 1.29 is 4.79 Å². The van der Waals surface area contributed by atoms with E-state index >= 15 is 0 Å². The Labute approximate surface area is 201 Å². The molecule has 0 atom stereocenters. The van der Waals surface area contributed by atoms with Crippen LogP contribution in [0.2, 0.25) is 0 Å². The molecule has 0 unspecified atom stereocenters. The van der Waals surface area contributed by atoms with Gasteiger partial charge in [0.1, 0.15) is 4.83 Å². The highest BCUT2D eigenvalue weighted by molar-refractivity contribution is 7.99. The Kier molecular flexibility index (Phi) is 6.21. The molecule has 0 amide bonds. The summed E-state index contributed by atoms with van der Waals surface area (Å²) in [6.07, 6.45) is 5.19. The lowest BCUT2D eigenvalue weighted by atomic mass is 9.97. The summed E-state index contributed by atoms with van der Waals surface area (Å²) in [5.74, 6) is 0.276. The summed E-state index contributed by atoms with van der Waals surface area (Å²) >= 11 is 2.99. The van der Waals surface area contributed by atoms with Gasteiger partial charge in [0.2, 0.25) is 0 Å². The highest BCUT2D eigenvalue weighted by Gasteiger charge is 2.23. The molecule has 2 aromatic carbocycles. The Balaban J connectivity index is 1.56. The van der Waals surface area contributed by atoms with Crippen molar-refractivity contribution in [2.24, 2.45) is 0 Å². The molecular formula is C27H26N2O2S2. The molecule has 0 fully saturated rings. The van der Waals surface area contributed by atoms with Crippen molar-refractivity contribution >= 4 is 39.1 Å². The number of hydrogen-bond acceptors (Lipinski definition) is 5. The van der Waals surface area contributed by atoms with Gasteiger partial charge in [0.25, 0.3) is 5.56 Å². The molecule has 2 heterocycles. The Morgan fingerprint density at radius 3 is 2.52 bits per heavy atom. The first kappa shape index (κ1) is 22.1. The number of ketones is 1. The van der Waals surface area contributed by atoms with E-state index in [0.29, 0.717) is 10.7 Å². The molecule has 0 aliphatic heterocycles. The van der Waals surface area contributed by atoms with Gasteiger partial charge in [0.05, 0.1) is 16.8 Å². The normalized spacial score (nSPS) is 13.3. The summed E-state index contributed by atoms with van der Waals surface area (Å²) in [4.78, 5) is 33.7. The summed E-state index contributed by atoms with van der Waals surface area (Å²) in [5, 5.41) is 1.34. The molecule has 0 saturated carbocycles. The lowest BCUT2D eigenvalue weighted by Crippen LogP contribution is -2.22. The van der Waals surface area contributed by atoms with E-state index in [1.807, 2.05) is 55.5 Å². The molecule has 2 aromatic heterocycles. The fourth-order valence-corrected chi connectivity index (χ4v) is 6.55. The molecule has 0 N–H and O–H groups in total. The number of aryl methyl sites for hydroxylation is 4. The molecule has 0 bridgehead atoms. The van der Waals surface area contributed by atoms with Crippen molar-refractivity contribution in [2.45, 2.75) is 51.1 Å². The zero-order valence-electron chi connectivity index (χ0n) is 18.9. The Morgan fingerprint density at radius 1 is 1.06 bits per heavy atom. The minimum Gasteiger partial charge on any atom is -0.293 e. The zero-order valence-corrected chi connectivity index (χ0v) is 20.5. The van der Waals surface area contributed by atoms with Gasteiger partial charge in [-0.15, -0.1) is 11.3 Å². The number of aromatic nitrogens is 2. The average molecular weight is 475 g/mol. The maximum absolute atomic E-state index is 13.8. The number of hydrogen-bond donors (Lipinski definition) is 0. The molecule has 0 spiro atoms. The summed E-state index contributed by atoms with van der Waals surface area (Å²) in [7, 11) is 0. The summed E-state index contributed by atoms with van der Waals surface area (Å²) in [6.45, 7) is 4.13. The van der Waals surface area contributed by atoms with Gasteiger partial charge < -0.3 is 0 Å². The Hall–Kier alpha value is -2.70. The van der Waals surface area contributed by atoms with E-state index in [4.69, 9.17) is 4.98 Å². The van der Waals surface area contributed by atoms with E-state index in [0.717, 1.165) is 47.2 Å². The van der Waals surface area contributed by atoms with Crippen LogP contribution in [0.5, 0.6) is 0 Å². The lowest BCUT2D eigenvalue weighted by Gasteiger charge is -2.14. The number of Topliss-reactive ketones (excluding diaryl/α,β-unsaturated/α-hetero) is 1. The van der Waals surface area contributed by atoms with Crippen LogP contribution in [0.15, 0.2) is 58.5 Å². The SMILES string of the molecule is CCc1ccc(C(=O)CSc2nc3sc4c(c3c(=O)n2-c2ccc(C)cc2)CCCC4)cc1. The fraction of sp³-hybridized carbons (Fsp3) is 0.296. The van der Waals surface area contributed by atoms with Crippen LogP contribution in [-0.2, 0) is 19.3 Å². The molecule has 4 nitrogen and oxygen atoms in total. The van der Waals surface area contributed by atoms with Crippen LogP contribution >= 0.6 is 23.1 Å². The fourth-order valence-electron chi connectivity index (χ4n) is 4.34. The van der Waals surface area contributed by atoms with Crippen molar-refractivity contribution in [3.63, 3.8) is 0 Å². The minimum absolute atomic E-state index is 0.0227. The van der Waals surface area contributed by atoms with E-state index in [9.17, 15) is 9.59 Å². The molecule has 0 saturated heterocycles. The molecule has 1 aliphatic carbocycles. The number of thioether (sulfide) groups is 1. The van der Waals surface area contributed by atoms with Gasteiger partial charge in [-0.1, -0.05) is 60.6 Å². The zero-order chi connectivity index (χ0) is 22.9. The quantitative estimate of drug-likeness (QED) is 0.190. The van der Waals surface area contributed by atoms with E-state index in [2.05, 4.69) is 6.92 Å². The van der Waals surface area contributed by atoms with Crippen LogP contribution in [0.1, 0.15) is 51.7 Å². The topological polar surface area (TPSA) is 52.0 Å². The molecule has 4 aromatic rings. The first-order valence-corrected chi connectivity index (χ1v) is 13.2. The van der Waals surface area contributed by atoms with Crippen molar-refractivity contribution in [1.82, 2.24) is 9.55 Å². The second-order valence-corrected chi connectivity index (χ2v) is 10.5. The third-order valence-corrected chi connectivity index (χ3v) is 8.39. The van der Waals surface area contributed by atoms with Crippen LogP contribution < -0.4 is 5.56 Å². The third kappa shape index (κ3) is 4.30. The Bertz CT molecular complexity index is 1380. The Morgan fingerprint density at radius 2 is 1.79 bits per heavy atom. The largest absolute Gasteiger partial charge is 0.293 e. The third-order valence-electron chi connectivity index (χ3n) is 6.27. The molecule has 5 rings (SSSR count). The van der Waals surface area contributed by atoms with Gasteiger partial charge in [-0.05, 0) is 62.3 Å². The maximum atomic E-state index is 13.8. The van der Waals surface area contributed by atoms with Crippen LogP contribution in [0.4, 0.5) is 0 Å². The summed E-state index contributed by atoms with van der Waals surface area (Å²) < 4.78 is 1.70. The first-order chi connectivity index (χ1) is 16.0. The standard InChI is InChI=1S/C27H26N2O2S2/c1-3-18-10-12-19(13-11-18)22(30)16-32-27-28-25-24(21-6-4-5-7-23(21)33-25)26(31)29(27)20-14-8-17(2)9-15-20/h8-15H,3-7,16H2,1-2H3. The van der Waals surface area contributed by atoms with Crippen LogP contribution in [0.3, 0.4) is 0 Å². The number of carbonyl (C=O) groups is 1. The van der Waals surface area contributed by atoms with E-state index in [-0.39, 0.29) is 17.1 Å². The highest BCUT2D eigenvalue weighted by Crippen LogP contribution is 2.35. The van der Waals surface area contributed by atoms with E-state index < -0.39 is 0 Å². The molecule has 0 radical (unpaired) electrons. The van der Waals surface area contributed by atoms with Gasteiger partial charge in [-0.2, -0.15) is 0 Å². The molecule has 33 heavy (non-hydrogen) atoms. The summed E-state index contributed by atoms with van der Waals surface area (Å²) in [6, 6.07) is 15.7. The van der Waals surface area contributed by atoms with Gasteiger partial charge in [0, 0.05) is 10.4 Å². The van der Waals surface area contributed by atoms with Crippen molar-refractivity contribution in [3.8, 4) is 5.69 Å². The van der Waals surface area contributed by atoms with Gasteiger partial charge >= 0.3 is 0 Å². The minimum atomic E-state index is -0.0227. The number of thiophene rings is 1. The van der Waals surface area contributed by atoms with E-state index in [1.165, 1.54) is 34.2 Å². The number of rotatable bonds is 6. The van der Waals surface area contributed by atoms with Gasteiger partial charge in [-0.3, -0.25) is 14.2 Å². The maximum Gasteiger partial charge on any atom is 0.267 e.